The highest BCUT2D eigenvalue weighted by molar-refractivity contribution is 7.92. The molecule has 8 nitrogen and oxygen atoms in total. The third-order valence-electron chi connectivity index (χ3n) is 3.72. The normalized spacial score (nSPS) is 11.9. The summed E-state index contributed by atoms with van der Waals surface area (Å²) >= 11 is 0. The first kappa shape index (κ1) is 21.2. The Hall–Kier alpha value is -3.48. The van der Waals surface area contributed by atoms with Crippen molar-refractivity contribution in [3.05, 3.63) is 59.7 Å². The van der Waals surface area contributed by atoms with Crippen LogP contribution in [0.1, 0.15) is 16.2 Å². The summed E-state index contributed by atoms with van der Waals surface area (Å²) in [6, 6.07) is 7.95. The van der Waals surface area contributed by atoms with Gasteiger partial charge in [0.15, 0.2) is 0 Å². The molecule has 0 atom stereocenters. The van der Waals surface area contributed by atoms with Crippen molar-refractivity contribution in [1.82, 2.24) is 10.1 Å². The van der Waals surface area contributed by atoms with Gasteiger partial charge in [-0.1, -0.05) is 11.2 Å². The molecule has 3 rings (SSSR count). The minimum atomic E-state index is -4.80. The number of esters is 1. The fourth-order valence-electron chi connectivity index (χ4n) is 2.38. The van der Waals surface area contributed by atoms with Gasteiger partial charge >= 0.3 is 18.0 Å². The highest BCUT2D eigenvalue weighted by Crippen LogP contribution is 2.30. The van der Waals surface area contributed by atoms with Gasteiger partial charge in [-0.05, 0) is 36.4 Å². The minimum Gasteiger partial charge on any atom is -0.465 e. The molecular weight excluding hydrogens is 434 g/mol. The Bertz CT molecular complexity index is 1190. The van der Waals surface area contributed by atoms with Crippen molar-refractivity contribution in [2.75, 3.05) is 11.8 Å². The molecule has 0 aliphatic rings. The number of nitrogens with one attached hydrogen (secondary N) is 1. The molecule has 0 radical (unpaired) electrons. The number of benzene rings is 2. The summed E-state index contributed by atoms with van der Waals surface area (Å²) in [4.78, 5) is 14.3. The number of ether oxygens (including phenoxy) is 1. The molecule has 0 amide bonds. The second-order valence-corrected chi connectivity index (χ2v) is 7.36. The van der Waals surface area contributed by atoms with E-state index in [1.165, 1.54) is 24.3 Å². The molecule has 0 spiro atoms. The van der Waals surface area contributed by atoms with E-state index in [1.807, 2.05) is 0 Å². The maximum atomic E-state index is 14.0. The lowest BCUT2D eigenvalue weighted by Gasteiger charge is -2.12. The molecule has 13 heteroatoms. The zero-order chi connectivity index (χ0) is 22.1. The fraction of sp³-hybridized carbons (Fsp3) is 0.118. The number of carbonyl (C=O) groups is 1. The Morgan fingerprint density at radius 2 is 1.80 bits per heavy atom. The summed E-state index contributed by atoms with van der Waals surface area (Å²) in [6.07, 6.45) is -4.80. The zero-order valence-electron chi connectivity index (χ0n) is 14.9. The first-order valence-electron chi connectivity index (χ1n) is 7.94. The van der Waals surface area contributed by atoms with E-state index in [0.717, 1.165) is 25.3 Å². The number of hydrogen-bond acceptors (Lipinski definition) is 7. The molecule has 0 unspecified atom stereocenters. The number of halogens is 4. The highest BCUT2D eigenvalue weighted by atomic mass is 32.2. The molecule has 1 N–H and O–H groups in total. The van der Waals surface area contributed by atoms with E-state index in [-0.39, 0.29) is 17.1 Å². The van der Waals surface area contributed by atoms with Crippen LogP contribution >= 0.6 is 0 Å². The van der Waals surface area contributed by atoms with Crippen molar-refractivity contribution in [2.24, 2.45) is 0 Å². The smallest absolute Gasteiger partial charge is 0.465 e. The number of aromatic nitrogens is 2. The van der Waals surface area contributed by atoms with Crippen molar-refractivity contribution in [3.8, 4) is 11.4 Å². The molecule has 0 aliphatic carbocycles. The van der Waals surface area contributed by atoms with Crippen molar-refractivity contribution in [3.63, 3.8) is 0 Å². The number of nitrogens with zero attached hydrogens (tertiary/aromatic N) is 2. The van der Waals surface area contributed by atoms with E-state index in [2.05, 4.69) is 24.1 Å². The lowest BCUT2D eigenvalue weighted by atomic mass is 10.2. The average Bonchev–Trinajstić information content (AvgIpc) is 3.18. The maximum absolute atomic E-state index is 14.0. The highest BCUT2D eigenvalue weighted by Gasteiger charge is 2.38. The van der Waals surface area contributed by atoms with Gasteiger partial charge in [0.2, 0.25) is 5.82 Å². The quantitative estimate of drug-likeness (QED) is 0.473. The molecule has 0 aliphatic heterocycles. The van der Waals surface area contributed by atoms with Crippen molar-refractivity contribution < 1.29 is 40.0 Å². The van der Waals surface area contributed by atoms with Crippen LogP contribution in [0.3, 0.4) is 0 Å². The molecule has 0 saturated heterocycles. The van der Waals surface area contributed by atoms with Gasteiger partial charge in [0.25, 0.3) is 10.0 Å². The lowest BCUT2D eigenvalue weighted by Crippen LogP contribution is -2.18. The number of sulfonamides is 1. The first-order valence-corrected chi connectivity index (χ1v) is 9.42. The number of methoxy groups -OCH3 is 1. The van der Waals surface area contributed by atoms with Crippen molar-refractivity contribution in [2.45, 2.75) is 11.1 Å². The SMILES string of the molecule is COC(=O)c1c(F)cccc1S(=O)(=O)Nc1ccc(-c2noc(C(F)(F)F)n2)cc1. The van der Waals surface area contributed by atoms with Gasteiger partial charge in [-0.25, -0.2) is 17.6 Å². The topological polar surface area (TPSA) is 111 Å². The summed E-state index contributed by atoms with van der Waals surface area (Å²) in [5, 5.41) is 3.22. The van der Waals surface area contributed by atoms with Crippen LogP contribution in [0.5, 0.6) is 0 Å². The second-order valence-electron chi connectivity index (χ2n) is 5.71. The minimum absolute atomic E-state index is 0.0154. The van der Waals surface area contributed by atoms with E-state index < -0.39 is 44.3 Å². The van der Waals surface area contributed by atoms with Gasteiger partial charge in [0, 0.05) is 11.3 Å². The number of alkyl halides is 3. The summed E-state index contributed by atoms with van der Waals surface area (Å²) in [5.74, 6) is -4.14. The van der Waals surface area contributed by atoms with Crippen LogP contribution < -0.4 is 4.72 Å². The molecule has 0 fully saturated rings. The van der Waals surface area contributed by atoms with Gasteiger partial charge in [-0.3, -0.25) is 4.72 Å². The number of anilines is 1. The molecule has 0 saturated carbocycles. The molecular formula is C17H11F4N3O5S. The first-order chi connectivity index (χ1) is 14.0. The van der Waals surface area contributed by atoms with Crippen LogP contribution in [0.25, 0.3) is 11.4 Å². The average molecular weight is 445 g/mol. The second kappa shape index (κ2) is 7.74. The third-order valence-corrected chi connectivity index (χ3v) is 5.14. The van der Waals surface area contributed by atoms with Crippen LogP contribution in [-0.4, -0.2) is 31.6 Å². The van der Waals surface area contributed by atoms with Crippen molar-refractivity contribution in [1.29, 1.82) is 0 Å². The molecule has 3 aromatic rings. The molecule has 1 aromatic heterocycles. The Kier molecular flexibility index (Phi) is 5.48. The van der Waals surface area contributed by atoms with E-state index in [1.54, 1.807) is 0 Å². The Balaban J connectivity index is 1.88. The zero-order valence-corrected chi connectivity index (χ0v) is 15.7. The number of carbonyl (C=O) groups excluding carboxylic acids is 1. The van der Waals surface area contributed by atoms with Crippen LogP contribution in [0.2, 0.25) is 0 Å². The van der Waals surface area contributed by atoms with Crippen molar-refractivity contribution >= 4 is 21.7 Å². The summed E-state index contributed by atoms with van der Waals surface area (Å²) < 4.78 is 87.5. The van der Waals surface area contributed by atoms with Crippen LogP contribution in [0.15, 0.2) is 51.9 Å². The van der Waals surface area contributed by atoms with E-state index in [4.69, 9.17) is 0 Å². The van der Waals surface area contributed by atoms with E-state index in [0.29, 0.717) is 0 Å². The number of hydrogen-bond donors (Lipinski definition) is 1. The van der Waals surface area contributed by atoms with Crippen LogP contribution in [0, 0.1) is 5.82 Å². The van der Waals surface area contributed by atoms with Gasteiger partial charge in [0.1, 0.15) is 16.3 Å². The summed E-state index contributed by atoms with van der Waals surface area (Å²) in [6.45, 7) is 0. The van der Waals surface area contributed by atoms with E-state index in [9.17, 15) is 30.8 Å². The molecule has 30 heavy (non-hydrogen) atoms. The molecule has 1 heterocycles. The fourth-order valence-corrected chi connectivity index (χ4v) is 3.65. The summed E-state index contributed by atoms with van der Waals surface area (Å²) in [5.41, 5.74) is -0.660. The third kappa shape index (κ3) is 4.25. The largest absolute Gasteiger partial charge is 0.471 e. The Morgan fingerprint density at radius 1 is 1.13 bits per heavy atom. The predicted octanol–water partition coefficient (Wildman–Crippen LogP) is 3.48. The van der Waals surface area contributed by atoms with Crippen LogP contribution in [0.4, 0.5) is 23.2 Å². The summed E-state index contributed by atoms with van der Waals surface area (Å²) in [7, 11) is -3.43. The lowest BCUT2D eigenvalue weighted by molar-refractivity contribution is -0.159. The maximum Gasteiger partial charge on any atom is 0.471 e. The molecule has 158 valence electrons. The van der Waals surface area contributed by atoms with E-state index >= 15 is 0 Å². The van der Waals surface area contributed by atoms with Crippen LogP contribution in [-0.2, 0) is 20.9 Å². The number of rotatable bonds is 5. The van der Waals surface area contributed by atoms with Gasteiger partial charge in [0.05, 0.1) is 7.11 Å². The standard InChI is InChI=1S/C17H11F4N3O5S/c1-28-15(25)13-11(18)3-2-4-12(13)30(26,27)24-10-7-5-9(6-8-10)14-22-16(29-23-14)17(19,20)21/h2-8,24H,1H3. The Labute approximate surface area is 166 Å². The predicted molar refractivity (Wildman–Crippen MR) is 93.3 cm³/mol. The molecule has 2 aromatic carbocycles. The van der Waals surface area contributed by atoms with Gasteiger partial charge < -0.3 is 9.26 Å². The van der Waals surface area contributed by atoms with Gasteiger partial charge in [-0.15, -0.1) is 0 Å². The monoisotopic (exact) mass is 445 g/mol. The van der Waals surface area contributed by atoms with Gasteiger partial charge in [-0.2, -0.15) is 18.2 Å². The Morgan fingerprint density at radius 3 is 2.37 bits per heavy atom. The molecule has 0 bridgehead atoms.